The number of amides is 1. The number of aromatic nitrogens is 1. The predicted octanol–water partition coefficient (Wildman–Crippen LogP) is 4.01. The molecule has 1 aliphatic rings. The van der Waals surface area contributed by atoms with Gasteiger partial charge in [-0.3, -0.25) is 4.79 Å². The fraction of sp³-hybridized carbons (Fsp3) is 0.273. The van der Waals surface area contributed by atoms with Crippen molar-refractivity contribution in [1.29, 1.82) is 0 Å². The van der Waals surface area contributed by atoms with Gasteiger partial charge in [0.25, 0.3) is 0 Å². The summed E-state index contributed by atoms with van der Waals surface area (Å²) in [5.41, 5.74) is 5.49. The first-order valence-electron chi connectivity index (χ1n) is 8.95. The third kappa shape index (κ3) is 3.03. The minimum Gasteiger partial charge on any atom is -0.361 e. The minimum atomic E-state index is 0.120. The van der Waals surface area contributed by atoms with Crippen molar-refractivity contribution in [3.63, 3.8) is 0 Å². The third-order valence-corrected chi connectivity index (χ3v) is 5.26. The summed E-state index contributed by atoms with van der Waals surface area (Å²) in [4.78, 5) is 15.0. The quantitative estimate of drug-likeness (QED) is 0.720. The Bertz CT molecular complexity index is 911. The number of nitrogens with zero attached hydrogens (tertiary/aromatic N) is 2. The second kappa shape index (κ2) is 6.79. The Hall–Kier alpha value is -2.88. The van der Waals surface area contributed by atoms with Crippen LogP contribution in [0.1, 0.15) is 39.6 Å². The molecular formula is C22H22N2O2. The summed E-state index contributed by atoms with van der Waals surface area (Å²) in [6.45, 7) is 5.10. The van der Waals surface area contributed by atoms with E-state index >= 15 is 0 Å². The first-order chi connectivity index (χ1) is 12.6. The van der Waals surface area contributed by atoms with E-state index in [2.05, 4.69) is 47.6 Å². The van der Waals surface area contributed by atoms with Crippen LogP contribution in [-0.4, -0.2) is 22.5 Å². The SMILES string of the molecule is Cc1noc(C)c1CC(=O)N1Cc2ccccc2C(c2ccccc2)C1. The van der Waals surface area contributed by atoms with Crippen molar-refractivity contribution in [2.45, 2.75) is 32.7 Å². The van der Waals surface area contributed by atoms with E-state index in [4.69, 9.17) is 4.52 Å². The molecule has 0 saturated carbocycles. The molecule has 0 fully saturated rings. The average Bonchev–Trinajstić information content (AvgIpc) is 2.99. The molecule has 132 valence electrons. The maximum Gasteiger partial charge on any atom is 0.227 e. The molecule has 0 N–H and O–H groups in total. The van der Waals surface area contributed by atoms with E-state index in [1.54, 1.807) is 0 Å². The molecule has 0 radical (unpaired) electrons. The van der Waals surface area contributed by atoms with Crippen LogP contribution in [0.4, 0.5) is 0 Å². The van der Waals surface area contributed by atoms with Crippen LogP contribution in [0.15, 0.2) is 59.1 Å². The Morgan fingerprint density at radius 1 is 1.12 bits per heavy atom. The van der Waals surface area contributed by atoms with E-state index in [-0.39, 0.29) is 11.8 Å². The summed E-state index contributed by atoms with van der Waals surface area (Å²) < 4.78 is 5.21. The van der Waals surface area contributed by atoms with E-state index < -0.39 is 0 Å². The summed E-state index contributed by atoms with van der Waals surface area (Å²) in [5, 5.41) is 3.97. The molecule has 0 aliphatic carbocycles. The van der Waals surface area contributed by atoms with Gasteiger partial charge in [-0.2, -0.15) is 0 Å². The number of benzene rings is 2. The van der Waals surface area contributed by atoms with Gasteiger partial charge in [0.2, 0.25) is 5.91 Å². The van der Waals surface area contributed by atoms with E-state index in [0.717, 1.165) is 17.0 Å². The molecule has 1 aromatic heterocycles. The first-order valence-corrected chi connectivity index (χ1v) is 8.95. The van der Waals surface area contributed by atoms with Crippen LogP contribution in [-0.2, 0) is 17.8 Å². The van der Waals surface area contributed by atoms with Crippen LogP contribution < -0.4 is 0 Å². The molecule has 1 atom stereocenters. The van der Waals surface area contributed by atoms with Crippen LogP contribution in [0, 0.1) is 13.8 Å². The van der Waals surface area contributed by atoms with E-state index in [0.29, 0.717) is 19.5 Å². The van der Waals surface area contributed by atoms with E-state index in [1.165, 1.54) is 16.7 Å². The molecule has 2 heterocycles. The zero-order valence-electron chi connectivity index (χ0n) is 15.1. The van der Waals surface area contributed by atoms with Gasteiger partial charge < -0.3 is 9.42 Å². The van der Waals surface area contributed by atoms with Gasteiger partial charge in [0.05, 0.1) is 12.1 Å². The molecule has 2 aromatic carbocycles. The highest BCUT2D eigenvalue weighted by Gasteiger charge is 2.29. The monoisotopic (exact) mass is 346 g/mol. The van der Waals surface area contributed by atoms with Crippen molar-refractivity contribution >= 4 is 5.91 Å². The number of fused-ring (bicyclic) bond motifs is 1. The molecule has 0 saturated heterocycles. The summed E-state index contributed by atoms with van der Waals surface area (Å²) in [5.74, 6) is 1.05. The van der Waals surface area contributed by atoms with Crippen molar-refractivity contribution < 1.29 is 9.32 Å². The lowest BCUT2D eigenvalue weighted by Gasteiger charge is -2.35. The van der Waals surface area contributed by atoms with Gasteiger partial charge in [-0.05, 0) is 30.5 Å². The average molecular weight is 346 g/mol. The molecule has 1 aliphatic heterocycles. The maximum atomic E-state index is 13.0. The summed E-state index contributed by atoms with van der Waals surface area (Å²) in [7, 11) is 0. The zero-order valence-corrected chi connectivity index (χ0v) is 15.1. The van der Waals surface area contributed by atoms with Gasteiger partial charge in [0.15, 0.2) is 0 Å². The molecular weight excluding hydrogens is 324 g/mol. The maximum absolute atomic E-state index is 13.0. The van der Waals surface area contributed by atoms with Crippen molar-refractivity contribution in [2.24, 2.45) is 0 Å². The molecule has 4 heteroatoms. The lowest BCUT2D eigenvalue weighted by atomic mass is 9.84. The Balaban J connectivity index is 1.64. The van der Waals surface area contributed by atoms with Gasteiger partial charge in [-0.25, -0.2) is 0 Å². The van der Waals surface area contributed by atoms with Crippen LogP contribution in [0.25, 0.3) is 0 Å². The second-order valence-electron chi connectivity index (χ2n) is 6.92. The Kier molecular flexibility index (Phi) is 4.33. The highest BCUT2D eigenvalue weighted by molar-refractivity contribution is 5.79. The van der Waals surface area contributed by atoms with Crippen LogP contribution in [0.3, 0.4) is 0 Å². The normalized spacial score (nSPS) is 16.4. The third-order valence-electron chi connectivity index (χ3n) is 5.26. The minimum absolute atomic E-state index is 0.120. The highest BCUT2D eigenvalue weighted by Crippen LogP contribution is 2.33. The Labute approximate surface area is 153 Å². The smallest absolute Gasteiger partial charge is 0.227 e. The Morgan fingerprint density at radius 3 is 2.58 bits per heavy atom. The molecule has 4 nitrogen and oxygen atoms in total. The molecule has 1 amide bonds. The second-order valence-corrected chi connectivity index (χ2v) is 6.92. The lowest BCUT2D eigenvalue weighted by molar-refractivity contribution is -0.131. The fourth-order valence-electron chi connectivity index (χ4n) is 3.78. The number of carbonyl (C=O) groups is 1. The van der Waals surface area contributed by atoms with Gasteiger partial charge in [-0.1, -0.05) is 59.8 Å². The summed E-state index contributed by atoms with van der Waals surface area (Å²) in [6.07, 6.45) is 0.338. The van der Waals surface area contributed by atoms with Gasteiger partial charge in [0.1, 0.15) is 5.76 Å². The molecule has 26 heavy (non-hydrogen) atoms. The van der Waals surface area contributed by atoms with Gasteiger partial charge >= 0.3 is 0 Å². The summed E-state index contributed by atoms with van der Waals surface area (Å²) in [6, 6.07) is 18.9. The molecule has 1 unspecified atom stereocenters. The largest absolute Gasteiger partial charge is 0.361 e. The molecule has 3 aromatic rings. The number of rotatable bonds is 3. The number of hydrogen-bond acceptors (Lipinski definition) is 3. The Morgan fingerprint density at radius 2 is 1.85 bits per heavy atom. The number of aryl methyl sites for hydroxylation is 2. The number of carbonyl (C=O) groups excluding carboxylic acids is 1. The zero-order chi connectivity index (χ0) is 18.1. The topological polar surface area (TPSA) is 46.3 Å². The van der Waals surface area contributed by atoms with Gasteiger partial charge in [-0.15, -0.1) is 0 Å². The highest BCUT2D eigenvalue weighted by atomic mass is 16.5. The molecule has 0 spiro atoms. The molecule has 4 rings (SSSR count). The van der Waals surface area contributed by atoms with Crippen LogP contribution in [0.5, 0.6) is 0 Å². The molecule has 0 bridgehead atoms. The first kappa shape index (κ1) is 16.6. The number of hydrogen-bond donors (Lipinski definition) is 0. The van der Waals surface area contributed by atoms with E-state index in [1.807, 2.05) is 30.9 Å². The van der Waals surface area contributed by atoms with Crippen molar-refractivity contribution in [3.05, 3.63) is 88.3 Å². The lowest BCUT2D eigenvalue weighted by Crippen LogP contribution is -2.39. The van der Waals surface area contributed by atoms with Crippen LogP contribution in [0.2, 0.25) is 0 Å². The van der Waals surface area contributed by atoms with E-state index in [9.17, 15) is 4.79 Å². The fourth-order valence-corrected chi connectivity index (χ4v) is 3.78. The van der Waals surface area contributed by atoms with Crippen LogP contribution >= 0.6 is 0 Å². The van der Waals surface area contributed by atoms with Crippen molar-refractivity contribution in [1.82, 2.24) is 10.1 Å². The predicted molar refractivity (Wildman–Crippen MR) is 99.8 cm³/mol. The van der Waals surface area contributed by atoms with Crippen molar-refractivity contribution in [3.8, 4) is 0 Å². The summed E-state index contributed by atoms with van der Waals surface area (Å²) >= 11 is 0. The van der Waals surface area contributed by atoms with Gasteiger partial charge in [0, 0.05) is 24.6 Å². The standard InChI is InChI=1S/C22H22N2O2/c1-15-20(16(2)26-23-15)12-22(25)24-13-18-10-6-7-11-19(18)21(14-24)17-8-4-3-5-9-17/h3-11,21H,12-14H2,1-2H3. The van der Waals surface area contributed by atoms with Crippen molar-refractivity contribution in [2.75, 3.05) is 6.54 Å².